The van der Waals surface area contributed by atoms with Crippen molar-refractivity contribution in [3.63, 3.8) is 0 Å². The minimum absolute atomic E-state index is 0.419. The Morgan fingerprint density at radius 1 is 0.969 bits per heavy atom. The highest BCUT2D eigenvalue weighted by Gasteiger charge is 2.51. The van der Waals surface area contributed by atoms with E-state index in [-0.39, 0.29) is 0 Å². The Kier molecular flexibility index (Phi) is 5.43. The maximum atomic E-state index is 6.67. The highest BCUT2D eigenvalue weighted by atomic mass is 79.9. The van der Waals surface area contributed by atoms with E-state index in [0.717, 1.165) is 58.6 Å². The van der Waals surface area contributed by atoms with E-state index in [0.29, 0.717) is 5.41 Å². The zero-order valence-corrected chi connectivity index (χ0v) is 20.9. The first-order valence-corrected chi connectivity index (χ1v) is 13.5. The van der Waals surface area contributed by atoms with Gasteiger partial charge >= 0.3 is 0 Å². The molecule has 4 aliphatic carbocycles. The van der Waals surface area contributed by atoms with Crippen molar-refractivity contribution in [2.24, 2.45) is 23.5 Å². The molecule has 0 unspecified atom stereocenters. The number of nitrogens with one attached hydrogen (secondary N) is 1. The van der Waals surface area contributed by atoms with Crippen LogP contribution >= 0.6 is 27.5 Å². The molecule has 2 nitrogen and oxygen atoms in total. The molecule has 4 fully saturated rings. The minimum Gasteiger partial charge on any atom is -0.354 e. The number of halogens is 2. The Bertz CT molecular complexity index is 1130. The molecule has 1 aromatic heterocycles. The lowest BCUT2D eigenvalue weighted by atomic mass is 9.48. The lowest BCUT2D eigenvalue weighted by Crippen LogP contribution is -2.48. The number of aromatic amines is 1. The van der Waals surface area contributed by atoms with Crippen molar-refractivity contribution < 1.29 is 0 Å². The summed E-state index contributed by atoms with van der Waals surface area (Å²) in [5.74, 6) is 2.88. The number of benzene rings is 2. The van der Waals surface area contributed by atoms with Gasteiger partial charge in [-0.25, -0.2) is 0 Å². The highest BCUT2D eigenvalue weighted by Crippen LogP contribution is 2.61. The van der Waals surface area contributed by atoms with Crippen LogP contribution in [-0.2, 0) is 11.8 Å². The summed E-state index contributed by atoms with van der Waals surface area (Å²) >= 11 is 10.3. The van der Waals surface area contributed by atoms with Crippen LogP contribution in [-0.4, -0.2) is 11.5 Å². The molecule has 7 rings (SSSR count). The fraction of sp³-hybridized carbons (Fsp3) is 0.500. The molecule has 2 aromatic carbocycles. The van der Waals surface area contributed by atoms with Gasteiger partial charge in [0.25, 0.3) is 0 Å². The van der Waals surface area contributed by atoms with Crippen LogP contribution in [0.25, 0.3) is 22.2 Å². The number of aromatic nitrogens is 1. The Labute approximate surface area is 204 Å². The lowest BCUT2D eigenvalue weighted by Gasteiger charge is -2.57. The maximum absolute atomic E-state index is 6.67. The van der Waals surface area contributed by atoms with Gasteiger partial charge in [-0.1, -0.05) is 33.6 Å². The van der Waals surface area contributed by atoms with Gasteiger partial charge in [-0.05, 0) is 129 Å². The third kappa shape index (κ3) is 3.56. The summed E-state index contributed by atoms with van der Waals surface area (Å²) in [5, 5.41) is 2.18. The molecule has 0 amide bonds. The monoisotopic (exact) mass is 510 g/mol. The number of rotatable bonds is 6. The summed E-state index contributed by atoms with van der Waals surface area (Å²) in [4.78, 5) is 3.74. The van der Waals surface area contributed by atoms with Crippen LogP contribution in [0.15, 0.2) is 40.9 Å². The summed E-state index contributed by atoms with van der Waals surface area (Å²) in [5.41, 5.74) is 12.7. The number of hydrogen-bond acceptors (Lipinski definition) is 1. The van der Waals surface area contributed by atoms with Crippen molar-refractivity contribution in [2.45, 2.75) is 63.2 Å². The highest BCUT2D eigenvalue weighted by molar-refractivity contribution is 9.10. The number of H-pyrrole nitrogens is 1. The van der Waals surface area contributed by atoms with E-state index in [1.54, 1.807) is 5.56 Å². The molecule has 0 atom stereocenters. The standard InChI is InChI=1S/C28H32BrClN2/c29-21-5-6-25(30)24(13-21)27-22(3-1-2-8-31)23-12-20(4-7-26(23)32-27)28-14-17-9-18(15-28)11-19(10-17)16-28/h4-7,12-13,17-19,32H,1-3,8-11,14-16,31H2. The van der Waals surface area contributed by atoms with Gasteiger partial charge in [0.1, 0.15) is 0 Å². The molecule has 4 aliphatic rings. The molecule has 4 heteroatoms. The summed E-state index contributed by atoms with van der Waals surface area (Å²) in [6.07, 6.45) is 11.9. The molecular formula is C28H32BrClN2. The van der Waals surface area contributed by atoms with Gasteiger partial charge in [0.2, 0.25) is 0 Å². The molecule has 3 aromatic rings. The number of hydrogen-bond donors (Lipinski definition) is 2. The van der Waals surface area contributed by atoms with Crippen molar-refractivity contribution in [3.05, 3.63) is 57.0 Å². The predicted octanol–water partition coefficient (Wildman–Crippen LogP) is 8.00. The molecule has 32 heavy (non-hydrogen) atoms. The van der Waals surface area contributed by atoms with Crippen LogP contribution in [0.3, 0.4) is 0 Å². The van der Waals surface area contributed by atoms with Gasteiger partial charge in [0.05, 0.1) is 5.69 Å². The van der Waals surface area contributed by atoms with Crippen LogP contribution in [0.5, 0.6) is 0 Å². The maximum Gasteiger partial charge on any atom is 0.0512 e. The molecule has 1 heterocycles. The van der Waals surface area contributed by atoms with Gasteiger partial charge < -0.3 is 10.7 Å². The second kappa shape index (κ2) is 8.18. The molecule has 168 valence electrons. The average molecular weight is 512 g/mol. The molecule has 4 bridgehead atoms. The van der Waals surface area contributed by atoms with Crippen LogP contribution in [0, 0.1) is 17.8 Å². The third-order valence-electron chi connectivity index (χ3n) is 8.64. The number of nitrogens with two attached hydrogens (primary N) is 1. The molecule has 4 saturated carbocycles. The van der Waals surface area contributed by atoms with Crippen LogP contribution in [0.4, 0.5) is 0 Å². The van der Waals surface area contributed by atoms with Crippen molar-refractivity contribution in [1.29, 1.82) is 0 Å². The summed E-state index contributed by atoms with van der Waals surface area (Å²) in [6.45, 7) is 0.744. The SMILES string of the molecule is NCCCCc1c(-c2cc(Br)ccc2Cl)[nH]c2ccc(C34CC5CC(CC(C5)C3)C4)cc12. The molecule has 3 N–H and O–H groups in total. The number of unbranched alkanes of at least 4 members (excludes halogenated alkanes) is 1. The van der Waals surface area contributed by atoms with Crippen LogP contribution in [0.1, 0.15) is 62.5 Å². The van der Waals surface area contributed by atoms with Gasteiger partial charge in [-0.3, -0.25) is 0 Å². The molecular weight excluding hydrogens is 480 g/mol. The molecule has 0 aliphatic heterocycles. The van der Waals surface area contributed by atoms with Gasteiger partial charge in [0, 0.05) is 26.0 Å². The zero-order valence-electron chi connectivity index (χ0n) is 18.6. The first-order chi connectivity index (χ1) is 15.5. The summed E-state index contributed by atoms with van der Waals surface area (Å²) < 4.78 is 1.05. The van der Waals surface area contributed by atoms with Crippen molar-refractivity contribution >= 4 is 38.4 Å². The van der Waals surface area contributed by atoms with Gasteiger partial charge in [-0.15, -0.1) is 0 Å². The fourth-order valence-electron chi connectivity index (χ4n) is 7.67. The number of fused-ring (bicyclic) bond motifs is 1. The summed E-state index contributed by atoms with van der Waals surface area (Å²) in [7, 11) is 0. The minimum atomic E-state index is 0.419. The van der Waals surface area contributed by atoms with Crippen molar-refractivity contribution in [2.75, 3.05) is 6.54 Å². The van der Waals surface area contributed by atoms with Crippen molar-refractivity contribution in [3.8, 4) is 11.3 Å². The smallest absolute Gasteiger partial charge is 0.0512 e. The Morgan fingerprint density at radius 3 is 2.38 bits per heavy atom. The summed E-state index contributed by atoms with van der Waals surface area (Å²) in [6, 6.07) is 13.4. The Hall–Kier alpha value is -1.29. The van der Waals surface area contributed by atoms with Gasteiger partial charge in [-0.2, -0.15) is 0 Å². The normalized spacial score (nSPS) is 28.7. The second-order valence-corrected chi connectivity index (χ2v) is 12.1. The van der Waals surface area contributed by atoms with E-state index < -0.39 is 0 Å². The first kappa shape index (κ1) is 21.3. The lowest BCUT2D eigenvalue weighted by molar-refractivity contribution is -0.00513. The van der Waals surface area contributed by atoms with Crippen LogP contribution in [0.2, 0.25) is 5.02 Å². The molecule has 0 spiro atoms. The van der Waals surface area contributed by atoms with E-state index in [2.05, 4.69) is 45.2 Å². The average Bonchev–Trinajstić information content (AvgIpc) is 3.12. The quantitative estimate of drug-likeness (QED) is 0.323. The largest absolute Gasteiger partial charge is 0.354 e. The molecule has 0 radical (unpaired) electrons. The Balaban J connectivity index is 1.47. The first-order valence-electron chi connectivity index (χ1n) is 12.4. The molecule has 0 saturated heterocycles. The topological polar surface area (TPSA) is 41.8 Å². The fourth-order valence-corrected chi connectivity index (χ4v) is 8.24. The van der Waals surface area contributed by atoms with E-state index in [9.17, 15) is 0 Å². The second-order valence-electron chi connectivity index (χ2n) is 10.8. The van der Waals surface area contributed by atoms with Gasteiger partial charge in [0.15, 0.2) is 0 Å². The van der Waals surface area contributed by atoms with E-state index in [1.807, 2.05) is 12.1 Å². The third-order valence-corrected chi connectivity index (χ3v) is 9.46. The Morgan fingerprint density at radius 2 is 1.69 bits per heavy atom. The van der Waals surface area contributed by atoms with Crippen molar-refractivity contribution in [1.82, 2.24) is 4.98 Å². The predicted molar refractivity (Wildman–Crippen MR) is 138 cm³/mol. The van der Waals surface area contributed by atoms with Crippen LogP contribution < -0.4 is 5.73 Å². The van der Waals surface area contributed by atoms with E-state index >= 15 is 0 Å². The zero-order chi connectivity index (χ0) is 21.9. The number of aryl methyl sites for hydroxylation is 1. The van der Waals surface area contributed by atoms with E-state index in [4.69, 9.17) is 17.3 Å². The van der Waals surface area contributed by atoms with E-state index in [1.165, 1.54) is 60.7 Å².